The van der Waals surface area contributed by atoms with E-state index in [0.29, 0.717) is 36.4 Å². The maximum absolute atomic E-state index is 14.7. The van der Waals surface area contributed by atoms with Crippen molar-refractivity contribution < 1.29 is 18.3 Å². The number of Topliss-reactive ketones (excluding diaryl/α,β-unsaturated/α-hetero) is 1. The molecule has 0 fully saturated rings. The monoisotopic (exact) mass is 373 g/mol. The summed E-state index contributed by atoms with van der Waals surface area (Å²) in [5.74, 6) is -0.853. The highest BCUT2D eigenvalue weighted by molar-refractivity contribution is 5.95. The smallest absolute Gasteiger partial charge is 0.185 e. The molecule has 1 atom stereocenters. The number of ketones is 1. The van der Waals surface area contributed by atoms with Crippen LogP contribution in [0.15, 0.2) is 41.5 Å². The number of rotatable bonds is 5. The average Bonchev–Trinajstić information content (AvgIpc) is 2.85. The summed E-state index contributed by atoms with van der Waals surface area (Å²) in [6, 6.07) is 7.08. The molecular formula is C20H21F2N3O2. The van der Waals surface area contributed by atoms with E-state index in [1.807, 2.05) is 6.92 Å². The summed E-state index contributed by atoms with van der Waals surface area (Å²) in [5.41, 5.74) is 6.27. The molecule has 0 aliphatic carbocycles. The number of nitrogens with two attached hydrogens (primary N) is 1. The molecule has 0 bridgehead atoms. The standard InChI is InChI=1S/C20H21F2N3O2/c1-2-20(7-8-27-12-19(23)25-20)15-9-13(3-5-16(15)22)10-18(26)17-6-4-14(21)11-24-17/h3-6,9,11H,2,7-8,10,12H2,1H3,(H2,23,25)/t20-/m0/s1. The first kappa shape index (κ1) is 19.1. The van der Waals surface area contributed by atoms with Crippen LogP contribution < -0.4 is 5.73 Å². The van der Waals surface area contributed by atoms with Crippen molar-refractivity contribution in [2.24, 2.45) is 10.7 Å². The van der Waals surface area contributed by atoms with Crippen molar-refractivity contribution in [3.05, 3.63) is 65.0 Å². The molecule has 2 N–H and O–H groups in total. The second-order valence-corrected chi connectivity index (χ2v) is 6.57. The van der Waals surface area contributed by atoms with E-state index in [1.54, 1.807) is 12.1 Å². The highest BCUT2D eigenvalue weighted by Gasteiger charge is 2.34. The molecule has 0 spiro atoms. The zero-order chi connectivity index (χ0) is 19.4. The van der Waals surface area contributed by atoms with E-state index in [4.69, 9.17) is 10.5 Å². The quantitative estimate of drug-likeness (QED) is 0.817. The van der Waals surface area contributed by atoms with E-state index in [1.165, 1.54) is 18.2 Å². The molecule has 0 unspecified atom stereocenters. The van der Waals surface area contributed by atoms with Crippen LogP contribution in [-0.4, -0.2) is 29.8 Å². The molecule has 1 aliphatic rings. The third-order valence-electron chi connectivity index (χ3n) is 4.76. The van der Waals surface area contributed by atoms with E-state index < -0.39 is 17.2 Å². The van der Waals surface area contributed by atoms with E-state index in [-0.39, 0.29) is 24.5 Å². The molecule has 0 radical (unpaired) electrons. The van der Waals surface area contributed by atoms with Gasteiger partial charge in [-0.1, -0.05) is 13.0 Å². The number of pyridine rings is 1. The molecule has 2 aromatic rings. The molecular weight excluding hydrogens is 352 g/mol. The maximum Gasteiger partial charge on any atom is 0.185 e. The van der Waals surface area contributed by atoms with Gasteiger partial charge in [0.05, 0.1) is 11.7 Å². The Labute approximate surface area is 156 Å². The first-order valence-electron chi connectivity index (χ1n) is 8.79. The zero-order valence-corrected chi connectivity index (χ0v) is 15.0. The fraction of sp³-hybridized carbons (Fsp3) is 0.350. The molecule has 27 heavy (non-hydrogen) atoms. The molecule has 0 saturated heterocycles. The lowest BCUT2D eigenvalue weighted by Crippen LogP contribution is -2.28. The van der Waals surface area contributed by atoms with E-state index >= 15 is 0 Å². The summed E-state index contributed by atoms with van der Waals surface area (Å²) >= 11 is 0. The third kappa shape index (κ3) is 4.19. The molecule has 1 aromatic heterocycles. The third-order valence-corrected chi connectivity index (χ3v) is 4.76. The Bertz CT molecular complexity index is 868. The van der Waals surface area contributed by atoms with Gasteiger partial charge in [0.2, 0.25) is 0 Å². The maximum atomic E-state index is 14.7. The van der Waals surface area contributed by atoms with E-state index in [0.717, 1.165) is 6.20 Å². The number of carbonyl (C=O) groups excluding carboxylic acids is 1. The van der Waals surface area contributed by atoms with Crippen molar-refractivity contribution in [3.8, 4) is 0 Å². The van der Waals surface area contributed by atoms with Gasteiger partial charge in [-0.15, -0.1) is 0 Å². The Morgan fingerprint density at radius 3 is 2.81 bits per heavy atom. The van der Waals surface area contributed by atoms with Gasteiger partial charge < -0.3 is 10.5 Å². The van der Waals surface area contributed by atoms with Gasteiger partial charge in [0.25, 0.3) is 0 Å². The van der Waals surface area contributed by atoms with Crippen LogP contribution in [0.3, 0.4) is 0 Å². The van der Waals surface area contributed by atoms with Gasteiger partial charge in [0, 0.05) is 25.0 Å². The first-order chi connectivity index (χ1) is 12.9. The highest BCUT2D eigenvalue weighted by atomic mass is 19.1. The Morgan fingerprint density at radius 2 is 2.11 bits per heavy atom. The number of nitrogens with zero attached hydrogens (tertiary/aromatic N) is 2. The van der Waals surface area contributed by atoms with Crippen LogP contribution >= 0.6 is 0 Å². The van der Waals surface area contributed by atoms with Crippen LogP contribution in [0.2, 0.25) is 0 Å². The van der Waals surface area contributed by atoms with Gasteiger partial charge in [-0.2, -0.15) is 0 Å². The molecule has 142 valence electrons. The second-order valence-electron chi connectivity index (χ2n) is 6.57. The van der Waals surface area contributed by atoms with Gasteiger partial charge in [-0.05, 0) is 36.2 Å². The topological polar surface area (TPSA) is 77.6 Å². The van der Waals surface area contributed by atoms with Gasteiger partial charge in [0.15, 0.2) is 5.78 Å². The predicted octanol–water partition coefficient (Wildman–Crippen LogP) is 3.17. The minimum atomic E-state index is -0.822. The molecule has 3 rings (SSSR count). The van der Waals surface area contributed by atoms with Crippen LogP contribution in [0.1, 0.15) is 41.4 Å². The summed E-state index contributed by atoms with van der Waals surface area (Å²) in [6.45, 7) is 2.56. The Kier molecular flexibility index (Phi) is 5.60. The van der Waals surface area contributed by atoms with Gasteiger partial charge in [-0.25, -0.2) is 8.78 Å². The van der Waals surface area contributed by atoms with E-state index in [9.17, 15) is 13.6 Å². The van der Waals surface area contributed by atoms with Crippen LogP contribution in [0.4, 0.5) is 8.78 Å². The lowest BCUT2D eigenvalue weighted by molar-refractivity contribution is 0.0988. The number of benzene rings is 1. The van der Waals surface area contributed by atoms with Crippen LogP contribution in [-0.2, 0) is 16.7 Å². The summed E-state index contributed by atoms with van der Waals surface area (Å²) in [7, 11) is 0. The normalized spacial score (nSPS) is 20.0. The largest absolute Gasteiger partial charge is 0.386 e. The summed E-state index contributed by atoms with van der Waals surface area (Å²) < 4.78 is 33.1. The van der Waals surface area contributed by atoms with Gasteiger partial charge in [-0.3, -0.25) is 14.8 Å². The van der Waals surface area contributed by atoms with Crippen LogP contribution in [0, 0.1) is 11.6 Å². The van der Waals surface area contributed by atoms with Crippen molar-refractivity contribution in [2.45, 2.75) is 31.7 Å². The van der Waals surface area contributed by atoms with Gasteiger partial charge in [0.1, 0.15) is 29.8 Å². The highest BCUT2D eigenvalue weighted by Crippen LogP contribution is 2.37. The van der Waals surface area contributed by atoms with Crippen molar-refractivity contribution in [1.82, 2.24) is 4.98 Å². The molecule has 5 nitrogen and oxygen atoms in total. The first-order valence-corrected chi connectivity index (χ1v) is 8.79. The number of hydrogen-bond acceptors (Lipinski definition) is 5. The fourth-order valence-electron chi connectivity index (χ4n) is 3.28. The van der Waals surface area contributed by atoms with E-state index in [2.05, 4.69) is 9.98 Å². The number of halogens is 2. The molecule has 1 aromatic carbocycles. The lowest BCUT2D eigenvalue weighted by atomic mass is 9.83. The number of carbonyl (C=O) groups is 1. The average molecular weight is 373 g/mol. The zero-order valence-electron chi connectivity index (χ0n) is 15.0. The summed E-state index contributed by atoms with van der Waals surface area (Å²) in [5, 5.41) is 0. The van der Waals surface area contributed by atoms with Crippen molar-refractivity contribution in [1.29, 1.82) is 0 Å². The summed E-state index contributed by atoms with van der Waals surface area (Å²) in [4.78, 5) is 20.7. The fourth-order valence-corrected chi connectivity index (χ4v) is 3.28. The minimum Gasteiger partial charge on any atom is -0.386 e. The van der Waals surface area contributed by atoms with Crippen molar-refractivity contribution in [3.63, 3.8) is 0 Å². The van der Waals surface area contributed by atoms with Crippen LogP contribution in [0.25, 0.3) is 0 Å². The lowest BCUT2D eigenvalue weighted by Gasteiger charge is -2.29. The van der Waals surface area contributed by atoms with Crippen molar-refractivity contribution in [2.75, 3.05) is 13.2 Å². The number of amidine groups is 1. The molecule has 1 aliphatic heterocycles. The van der Waals surface area contributed by atoms with Gasteiger partial charge >= 0.3 is 0 Å². The molecule has 2 heterocycles. The minimum absolute atomic E-state index is 0.0292. The number of ether oxygens (including phenoxy) is 1. The molecule has 0 saturated carbocycles. The number of hydrogen-bond donors (Lipinski definition) is 1. The number of aliphatic imine (C=N–C) groups is 1. The molecule has 7 heteroatoms. The Balaban J connectivity index is 1.93. The Morgan fingerprint density at radius 1 is 1.30 bits per heavy atom. The summed E-state index contributed by atoms with van der Waals surface area (Å²) in [6.07, 6.45) is 2.07. The number of aromatic nitrogens is 1. The predicted molar refractivity (Wildman–Crippen MR) is 97.7 cm³/mol. The van der Waals surface area contributed by atoms with Crippen LogP contribution in [0.5, 0.6) is 0 Å². The second kappa shape index (κ2) is 7.92. The SMILES string of the molecule is CC[C@@]1(c2cc(CC(=O)c3ccc(F)cn3)ccc2F)CCOCC(N)=N1. The Hall–Kier alpha value is -2.67. The van der Waals surface area contributed by atoms with Crippen molar-refractivity contribution >= 4 is 11.6 Å². The molecule has 0 amide bonds.